The van der Waals surface area contributed by atoms with Gasteiger partial charge in [-0.25, -0.2) is 0 Å². The highest BCUT2D eigenvalue weighted by atomic mass is 33.1. The van der Waals surface area contributed by atoms with E-state index in [9.17, 15) is 57.8 Å². The summed E-state index contributed by atoms with van der Waals surface area (Å²) in [6, 6.07) is 4.78. The Morgan fingerprint density at radius 3 is 1.95 bits per heavy atom. The van der Waals surface area contributed by atoms with E-state index in [1.165, 1.54) is 27.8 Å². The molecule has 11 amide bonds. The summed E-state index contributed by atoms with van der Waals surface area (Å²) in [5.74, 6) is -9.36. The minimum Gasteiger partial charge on any atom is -0.508 e. The van der Waals surface area contributed by atoms with Crippen molar-refractivity contribution >= 4 is 86.6 Å². The third kappa shape index (κ3) is 19.6. The second-order valence-corrected chi connectivity index (χ2v) is 21.6. The quantitative estimate of drug-likeness (QED) is 0.0489. The first-order chi connectivity index (χ1) is 36.2. The van der Waals surface area contributed by atoms with Crippen LogP contribution in [0.2, 0.25) is 0 Å². The zero-order chi connectivity index (χ0) is 56.0. The average molecular weight is 1100 g/mol. The molecule has 0 spiro atoms. The minimum atomic E-state index is -1.77. The van der Waals surface area contributed by atoms with Crippen LogP contribution in [-0.2, 0) is 65.6 Å². The maximum atomic E-state index is 14.8. The van der Waals surface area contributed by atoms with E-state index in [0.717, 1.165) is 10.8 Å². The lowest BCUT2D eigenvalue weighted by atomic mass is 9.96. The highest BCUT2D eigenvalue weighted by Crippen LogP contribution is 2.44. The summed E-state index contributed by atoms with van der Waals surface area (Å²) in [5, 5.41) is 28.3. The smallest absolute Gasteiger partial charge is 0.246 e. The van der Waals surface area contributed by atoms with Gasteiger partial charge in [-0.2, -0.15) is 0 Å². The summed E-state index contributed by atoms with van der Waals surface area (Å²) in [6.45, 7) is 3.60. The monoisotopic (exact) mass is 1100 g/mol. The number of hydrogen-bond acceptors (Lipinski definition) is 15. The highest BCUT2D eigenvalue weighted by Gasteiger charge is 2.41. The van der Waals surface area contributed by atoms with Crippen LogP contribution in [0, 0.1) is 0 Å². The van der Waals surface area contributed by atoms with E-state index in [-0.39, 0.29) is 50.2 Å². The minimum absolute atomic E-state index is 0.0353. The Hall–Kier alpha value is -6.93. The molecule has 2 heterocycles. The van der Waals surface area contributed by atoms with Crippen molar-refractivity contribution in [3.8, 4) is 5.75 Å². The number of hydrogen-bond donors (Lipinski definition) is 12. The van der Waals surface area contributed by atoms with Gasteiger partial charge in [-0.05, 0) is 81.2 Å². The van der Waals surface area contributed by atoms with Crippen molar-refractivity contribution in [2.75, 3.05) is 25.4 Å². The number of aromatic hydroxyl groups is 1. The maximum absolute atomic E-state index is 14.8. The Bertz CT molecular complexity index is 2380. The fraction of sp³-hybridized carbons (Fsp3) is 0.540. The maximum Gasteiger partial charge on any atom is 0.246 e. The van der Waals surface area contributed by atoms with Crippen LogP contribution in [0.5, 0.6) is 5.75 Å². The molecule has 7 atom stereocenters. The molecule has 24 nitrogen and oxygen atoms in total. The van der Waals surface area contributed by atoms with Gasteiger partial charge in [-0.15, -0.1) is 0 Å². The molecule has 2 saturated heterocycles. The van der Waals surface area contributed by atoms with Gasteiger partial charge in [0.2, 0.25) is 65.0 Å². The number of primary amides is 3. The predicted molar refractivity (Wildman–Crippen MR) is 284 cm³/mol. The number of benzene rings is 2. The number of nitrogens with one attached hydrogen (secondary N) is 7. The molecule has 2 aromatic rings. The number of carbonyl (C=O) groups is 11. The van der Waals surface area contributed by atoms with Gasteiger partial charge in [0, 0.05) is 42.7 Å². The van der Waals surface area contributed by atoms with Crippen LogP contribution in [0.1, 0.15) is 95.6 Å². The molecule has 0 bridgehead atoms. The number of nitrogens with zero attached hydrogens (tertiary/aromatic N) is 1. The second kappa shape index (κ2) is 30.6. The van der Waals surface area contributed by atoms with Crippen molar-refractivity contribution in [2.45, 2.75) is 144 Å². The van der Waals surface area contributed by atoms with E-state index < -0.39 is 138 Å². The topological polar surface area (TPSA) is 400 Å². The number of phenols is 1. The lowest BCUT2D eigenvalue weighted by Gasteiger charge is -2.33. The van der Waals surface area contributed by atoms with Crippen molar-refractivity contribution in [3.05, 3.63) is 65.7 Å². The molecule has 4 rings (SSSR count). The molecule has 26 heteroatoms. The van der Waals surface area contributed by atoms with Crippen LogP contribution in [0.25, 0.3) is 0 Å². The first-order valence-corrected chi connectivity index (χ1v) is 27.6. The van der Waals surface area contributed by atoms with Crippen LogP contribution in [-0.4, -0.2) is 147 Å². The van der Waals surface area contributed by atoms with E-state index in [0.29, 0.717) is 49.8 Å². The summed E-state index contributed by atoms with van der Waals surface area (Å²) < 4.78 is -0.838. The lowest BCUT2D eigenvalue weighted by molar-refractivity contribution is -0.142. The van der Waals surface area contributed by atoms with Gasteiger partial charge >= 0.3 is 0 Å². The van der Waals surface area contributed by atoms with E-state index in [2.05, 4.69) is 37.2 Å². The number of carbonyl (C=O) groups excluding carboxylic acids is 11. The SMILES string of the molecule is CCC1(CC)CC(=O)N[C@@H](Cc2ccc(O)cc2)C(=O)N[C@@H](Cc2ccccc2)C(=O)N[C@@H](CCC(N)=O)C(=O)N[C@@H](CC(N)=O)C(=O)N[C@H](C(=O)N2CCC[C@H]2C(=O)N[C@@H](CCCCN)C(=O)NCC(N)=O)CSS1. The molecule has 0 aromatic heterocycles. The molecule has 0 unspecified atom stereocenters. The number of phenolic OH excluding ortho intramolecular Hbond substituents is 1. The third-order valence-corrected chi connectivity index (χ3v) is 16.5. The molecule has 76 heavy (non-hydrogen) atoms. The number of amides is 11. The Balaban J connectivity index is 1.78. The number of likely N-dealkylation sites (tertiary alicyclic amines) is 1. The Morgan fingerprint density at radius 2 is 1.34 bits per heavy atom. The number of unbranched alkanes of at least 4 members (excludes halogenated alkanes) is 1. The molecule has 416 valence electrons. The number of rotatable bonds is 21. The summed E-state index contributed by atoms with van der Waals surface area (Å²) in [5.41, 5.74) is 23.1. The van der Waals surface area contributed by atoms with Crippen molar-refractivity contribution < 1.29 is 57.8 Å². The van der Waals surface area contributed by atoms with E-state index in [1.54, 1.807) is 42.5 Å². The van der Waals surface area contributed by atoms with Crippen LogP contribution >= 0.6 is 21.6 Å². The Labute approximate surface area is 449 Å². The van der Waals surface area contributed by atoms with Crippen LogP contribution in [0.3, 0.4) is 0 Å². The third-order valence-electron chi connectivity index (χ3n) is 13.0. The second-order valence-electron chi connectivity index (χ2n) is 18.8. The van der Waals surface area contributed by atoms with Gasteiger partial charge in [0.25, 0.3) is 0 Å². The summed E-state index contributed by atoms with van der Waals surface area (Å²) in [6.07, 6.45) is 0.453. The van der Waals surface area contributed by atoms with Gasteiger partial charge in [0.15, 0.2) is 0 Å². The zero-order valence-corrected chi connectivity index (χ0v) is 44.4. The van der Waals surface area contributed by atoms with E-state index in [4.69, 9.17) is 22.9 Å². The van der Waals surface area contributed by atoms with Crippen molar-refractivity contribution in [3.63, 3.8) is 0 Å². The Kier molecular flexibility index (Phi) is 24.8. The van der Waals surface area contributed by atoms with Crippen LogP contribution < -0.4 is 60.2 Å². The molecule has 0 saturated carbocycles. The number of nitrogens with two attached hydrogens (primary N) is 4. The van der Waals surface area contributed by atoms with Gasteiger partial charge in [0.05, 0.1) is 13.0 Å². The molecule has 16 N–H and O–H groups in total. The van der Waals surface area contributed by atoms with Crippen LogP contribution in [0.15, 0.2) is 54.6 Å². The van der Waals surface area contributed by atoms with Crippen molar-refractivity contribution in [2.24, 2.45) is 22.9 Å². The molecule has 2 fully saturated rings. The molecule has 2 aromatic carbocycles. The summed E-state index contributed by atoms with van der Waals surface area (Å²) >= 11 is 0. The lowest BCUT2D eigenvalue weighted by Crippen LogP contribution is -2.61. The fourth-order valence-corrected chi connectivity index (χ4v) is 12.0. The van der Waals surface area contributed by atoms with Crippen molar-refractivity contribution in [1.82, 2.24) is 42.1 Å². The standard InChI is InChI=1S/C50H72N12O12S2/c1-3-50(4-2)26-42(67)56-34(24-30-15-17-31(63)18-16-30)45(70)59-35(23-29-11-6-5-7-12-29)46(71)57-33(19-20-39(52)64)44(69)60-36(25-40(53)65)47(72)61-37(28-75-76-50)49(74)62-22-10-14-38(62)48(73)58-32(13-8-9-21-51)43(68)55-27-41(54)66/h5-7,11-12,15-18,32-38,63H,3-4,8-10,13-14,19-28,51H2,1-2H3,(H2,52,64)(H2,53,65)(H2,54,66)(H,55,68)(H,56,67)(H,57,71)(H,58,73)(H,59,70)(H,60,69)(H,61,72)/t32-,33-,34-,35-,36-,37-,38-/m0/s1. The summed E-state index contributed by atoms with van der Waals surface area (Å²) in [4.78, 5) is 151. The van der Waals surface area contributed by atoms with E-state index >= 15 is 0 Å². The largest absolute Gasteiger partial charge is 0.508 e. The molecule has 0 aliphatic carbocycles. The first kappa shape index (κ1) is 61.6. The van der Waals surface area contributed by atoms with E-state index in [1.807, 2.05) is 13.8 Å². The highest BCUT2D eigenvalue weighted by molar-refractivity contribution is 8.77. The predicted octanol–water partition coefficient (Wildman–Crippen LogP) is -1.71. The van der Waals surface area contributed by atoms with Gasteiger partial charge in [0.1, 0.15) is 48.0 Å². The molecule has 0 radical (unpaired) electrons. The summed E-state index contributed by atoms with van der Waals surface area (Å²) in [7, 11) is 2.39. The average Bonchev–Trinajstić information content (AvgIpc) is 3.88. The zero-order valence-electron chi connectivity index (χ0n) is 42.8. The molecule has 2 aliphatic rings. The molecule has 2 aliphatic heterocycles. The van der Waals surface area contributed by atoms with Crippen LogP contribution in [0.4, 0.5) is 0 Å². The Morgan fingerprint density at radius 1 is 0.750 bits per heavy atom. The normalized spacial score (nSPS) is 22.3. The van der Waals surface area contributed by atoms with Gasteiger partial charge in [-0.3, -0.25) is 52.7 Å². The van der Waals surface area contributed by atoms with Gasteiger partial charge in [-0.1, -0.05) is 77.9 Å². The fourth-order valence-electron chi connectivity index (χ4n) is 8.61. The molecular weight excluding hydrogens is 1020 g/mol. The first-order valence-electron chi connectivity index (χ1n) is 25.2. The van der Waals surface area contributed by atoms with Crippen molar-refractivity contribution in [1.29, 1.82) is 0 Å². The van der Waals surface area contributed by atoms with Gasteiger partial charge < -0.3 is 70.2 Å². The molecular formula is C50H72N12O12S2.